The van der Waals surface area contributed by atoms with E-state index in [1.807, 2.05) is 18.2 Å². The van der Waals surface area contributed by atoms with Crippen LogP contribution in [-0.2, 0) is 5.41 Å². The fourth-order valence-corrected chi connectivity index (χ4v) is 2.61. The minimum Gasteiger partial charge on any atom is -0.493 e. The molecule has 2 N–H and O–H groups in total. The Labute approximate surface area is 108 Å². The molecule has 0 saturated carbocycles. The van der Waals surface area contributed by atoms with E-state index in [0.29, 0.717) is 5.75 Å². The first-order chi connectivity index (χ1) is 8.75. The van der Waals surface area contributed by atoms with Crippen molar-refractivity contribution in [1.82, 2.24) is 5.32 Å². The van der Waals surface area contributed by atoms with Crippen molar-refractivity contribution in [2.24, 2.45) is 0 Å². The Bertz CT molecular complexity index is 400. The highest BCUT2D eigenvalue weighted by Crippen LogP contribution is 2.36. The number of aliphatic hydroxyl groups is 1. The van der Waals surface area contributed by atoms with Crippen LogP contribution in [0.4, 0.5) is 0 Å². The molecule has 1 saturated heterocycles. The Morgan fingerprint density at radius 1 is 1.28 bits per heavy atom. The van der Waals surface area contributed by atoms with Crippen LogP contribution in [0.5, 0.6) is 11.5 Å². The van der Waals surface area contributed by atoms with Crippen molar-refractivity contribution in [1.29, 1.82) is 0 Å². The molecular weight excluding hydrogens is 230 g/mol. The molecule has 0 aliphatic carbocycles. The molecule has 18 heavy (non-hydrogen) atoms. The Morgan fingerprint density at radius 3 is 2.61 bits per heavy atom. The van der Waals surface area contributed by atoms with Gasteiger partial charge in [-0.05, 0) is 37.1 Å². The van der Waals surface area contributed by atoms with Gasteiger partial charge in [0.25, 0.3) is 0 Å². The van der Waals surface area contributed by atoms with Crippen LogP contribution in [0.15, 0.2) is 18.2 Å². The smallest absolute Gasteiger partial charge is 0.161 e. The summed E-state index contributed by atoms with van der Waals surface area (Å²) in [6.45, 7) is 1.98. The second kappa shape index (κ2) is 5.59. The third-order valence-electron chi connectivity index (χ3n) is 3.77. The van der Waals surface area contributed by atoms with Gasteiger partial charge in [0.15, 0.2) is 11.5 Å². The highest BCUT2D eigenvalue weighted by molar-refractivity contribution is 5.45. The van der Waals surface area contributed by atoms with E-state index in [1.165, 1.54) is 0 Å². The maximum atomic E-state index is 9.77. The third-order valence-corrected chi connectivity index (χ3v) is 3.77. The van der Waals surface area contributed by atoms with Crippen molar-refractivity contribution in [3.05, 3.63) is 23.8 Å². The molecule has 0 amide bonds. The van der Waals surface area contributed by atoms with Gasteiger partial charge in [0.05, 0.1) is 20.8 Å². The van der Waals surface area contributed by atoms with Crippen LogP contribution >= 0.6 is 0 Å². The van der Waals surface area contributed by atoms with E-state index < -0.39 is 0 Å². The maximum Gasteiger partial charge on any atom is 0.161 e. The molecule has 2 rings (SSSR count). The van der Waals surface area contributed by atoms with Gasteiger partial charge in [0, 0.05) is 12.0 Å². The molecule has 0 bridgehead atoms. The molecule has 1 aliphatic rings. The number of rotatable bonds is 4. The minimum atomic E-state index is -0.197. The lowest BCUT2D eigenvalue weighted by molar-refractivity contribution is 0.162. The SMILES string of the molecule is COc1ccc(C2(CO)CCCNC2)cc1OC. The molecule has 1 heterocycles. The number of benzene rings is 1. The monoisotopic (exact) mass is 251 g/mol. The van der Waals surface area contributed by atoms with Gasteiger partial charge in [0.2, 0.25) is 0 Å². The molecule has 4 nitrogen and oxygen atoms in total. The predicted molar refractivity (Wildman–Crippen MR) is 70.4 cm³/mol. The lowest BCUT2D eigenvalue weighted by Crippen LogP contribution is -2.45. The van der Waals surface area contributed by atoms with Gasteiger partial charge in [-0.3, -0.25) is 0 Å². The van der Waals surface area contributed by atoms with E-state index in [2.05, 4.69) is 5.32 Å². The van der Waals surface area contributed by atoms with Crippen LogP contribution in [0.3, 0.4) is 0 Å². The first kappa shape index (κ1) is 13.2. The Morgan fingerprint density at radius 2 is 2.06 bits per heavy atom. The molecule has 4 heteroatoms. The van der Waals surface area contributed by atoms with Crippen molar-refractivity contribution in [3.63, 3.8) is 0 Å². The molecule has 1 aromatic carbocycles. The summed E-state index contributed by atoms with van der Waals surface area (Å²) in [4.78, 5) is 0. The molecule has 0 radical (unpaired) electrons. The second-order valence-electron chi connectivity index (χ2n) is 4.79. The molecule has 1 fully saturated rings. The number of ether oxygens (including phenoxy) is 2. The summed E-state index contributed by atoms with van der Waals surface area (Å²) in [5.41, 5.74) is 0.910. The van der Waals surface area contributed by atoms with Crippen molar-refractivity contribution in [2.45, 2.75) is 18.3 Å². The Hall–Kier alpha value is -1.26. The van der Waals surface area contributed by atoms with E-state index in [4.69, 9.17) is 9.47 Å². The third kappa shape index (κ3) is 2.31. The summed E-state index contributed by atoms with van der Waals surface area (Å²) in [5, 5.41) is 13.1. The highest BCUT2D eigenvalue weighted by atomic mass is 16.5. The fourth-order valence-electron chi connectivity index (χ4n) is 2.61. The summed E-state index contributed by atoms with van der Waals surface area (Å²) in [6.07, 6.45) is 2.07. The van der Waals surface area contributed by atoms with Crippen molar-refractivity contribution >= 4 is 0 Å². The second-order valence-corrected chi connectivity index (χ2v) is 4.79. The molecule has 1 aliphatic heterocycles. The number of nitrogens with one attached hydrogen (secondary N) is 1. The Kier molecular flexibility index (Phi) is 4.09. The summed E-state index contributed by atoms with van der Waals surface area (Å²) in [7, 11) is 3.26. The number of piperidine rings is 1. The van der Waals surface area contributed by atoms with Crippen molar-refractivity contribution < 1.29 is 14.6 Å². The topological polar surface area (TPSA) is 50.7 Å². The van der Waals surface area contributed by atoms with E-state index in [0.717, 1.165) is 37.2 Å². The summed E-state index contributed by atoms with van der Waals surface area (Å²) >= 11 is 0. The molecule has 100 valence electrons. The van der Waals surface area contributed by atoms with Crippen LogP contribution in [0.2, 0.25) is 0 Å². The van der Waals surface area contributed by atoms with Gasteiger partial charge in [-0.2, -0.15) is 0 Å². The van der Waals surface area contributed by atoms with E-state index in [1.54, 1.807) is 14.2 Å². The summed E-state index contributed by atoms with van der Waals surface area (Å²) < 4.78 is 10.6. The zero-order chi connectivity index (χ0) is 13.0. The zero-order valence-electron chi connectivity index (χ0n) is 11.0. The van der Waals surface area contributed by atoms with Crippen molar-refractivity contribution in [3.8, 4) is 11.5 Å². The number of methoxy groups -OCH3 is 2. The van der Waals surface area contributed by atoms with Crippen LogP contribution in [0, 0.1) is 0 Å². The normalized spacial score (nSPS) is 23.7. The first-order valence-corrected chi connectivity index (χ1v) is 6.30. The van der Waals surface area contributed by atoms with E-state index in [-0.39, 0.29) is 12.0 Å². The van der Waals surface area contributed by atoms with Gasteiger partial charge in [-0.25, -0.2) is 0 Å². The molecular formula is C14H21NO3. The minimum absolute atomic E-state index is 0.148. The Balaban J connectivity index is 2.36. The van der Waals surface area contributed by atoms with Crippen molar-refractivity contribution in [2.75, 3.05) is 33.9 Å². The first-order valence-electron chi connectivity index (χ1n) is 6.30. The fraction of sp³-hybridized carbons (Fsp3) is 0.571. The number of aliphatic hydroxyl groups excluding tert-OH is 1. The standard InChI is InChI=1S/C14H21NO3/c1-17-12-5-4-11(8-13(12)18-2)14(10-16)6-3-7-15-9-14/h4-5,8,15-16H,3,6-7,9-10H2,1-2H3. The van der Waals surface area contributed by atoms with Gasteiger partial charge < -0.3 is 19.9 Å². The quantitative estimate of drug-likeness (QED) is 0.847. The maximum absolute atomic E-state index is 9.77. The van der Waals surface area contributed by atoms with Gasteiger partial charge in [0.1, 0.15) is 0 Å². The van der Waals surface area contributed by atoms with Gasteiger partial charge >= 0.3 is 0 Å². The average Bonchev–Trinajstić information content (AvgIpc) is 2.47. The number of hydrogen-bond acceptors (Lipinski definition) is 4. The van der Waals surface area contributed by atoms with Gasteiger partial charge in [-0.1, -0.05) is 6.07 Å². The van der Waals surface area contributed by atoms with Crippen LogP contribution < -0.4 is 14.8 Å². The largest absolute Gasteiger partial charge is 0.493 e. The predicted octanol–water partition coefficient (Wildman–Crippen LogP) is 1.32. The summed E-state index contributed by atoms with van der Waals surface area (Å²) in [5.74, 6) is 1.44. The van der Waals surface area contributed by atoms with Crippen LogP contribution in [-0.4, -0.2) is 39.0 Å². The zero-order valence-corrected chi connectivity index (χ0v) is 11.0. The number of hydrogen-bond donors (Lipinski definition) is 2. The average molecular weight is 251 g/mol. The van der Waals surface area contributed by atoms with E-state index in [9.17, 15) is 5.11 Å². The summed E-state index contributed by atoms with van der Waals surface area (Å²) in [6, 6.07) is 5.90. The molecule has 1 unspecified atom stereocenters. The van der Waals surface area contributed by atoms with Gasteiger partial charge in [-0.15, -0.1) is 0 Å². The lowest BCUT2D eigenvalue weighted by atomic mass is 9.75. The molecule has 0 aromatic heterocycles. The van der Waals surface area contributed by atoms with Crippen LogP contribution in [0.1, 0.15) is 18.4 Å². The highest BCUT2D eigenvalue weighted by Gasteiger charge is 2.33. The molecule has 1 aromatic rings. The lowest BCUT2D eigenvalue weighted by Gasteiger charge is -2.36. The molecule has 0 spiro atoms. The van der Waals surface area contributed by atoms with Crippen LogP contribution in [0.25, 0.3) is 0 Å². The van der Waals surface area contributed by atoms with E-state index >= 15 is 0 Å². The molecule has 1 atom stereocenters.